The fraction of sp³-hybridized carbons (Fsp3) is 0.368. The van der Waals surface area contributed by atoms with Crippen molar-refractivity contribution in [2.75, 3.05) is 42.1 Å². The van der Waals surface area contributed by atoms with Crippen LogP contribution in [0.2, 0.25) is 0 Å². The molecule has 136 valence electrons. The molecule has 0 radical (unpaired) electrons. The number of nitrogens with two attached hydrogens (primary N) is 1. The fourth-order valence-electron chi connectivity index (χ4n) is 3.32. The number of rotatable bonds is 4. The predicted octanol–water partition coefficient (Wildman–Crippen LogP) is 3.55. The lowest BCUT2D eigenvalue weighted by Gasteiger charge is -2.38. The number of thiophene rings is 1. The highest BCUT2D eigenvalue weighted by atomic mass is 32.1. The average molecular weight is 369 g/mol. The molecule has 1 aliphatic rings. The molecule has 7 heteroatoms. The van der Waals surface area contributed by atoms with Crippen molar-refractivity contribution in [2.24, 2.45) is 0 Å². The van der Waals surface area contributed by atoms with Gasteiger partial charge in [-0.3, -0.25) is 4.90 Å². The molecule has 3 N–H and O–H groups in total. The summed E-state index contributed by atoms with van der Waals surface area (Å²) in [5.41, 5.74) is 9.12. The van der Waals surface area contributed by atoms with E-state index in [0.29, 0.717) is 17.8 Å². The lowest BCUT2D eigenvalue weighted by Crippen LogP contribution is -2.48. The van der Waals surface area contributed by atoms with Gasteiger partial charge in [-0.1, -0.05) is 0 Å². The van der Waals surface area contributed by atoms with Gasteiger partial charge in [-0.25, -0.2) is 4.98 Å². The van der Waals surface area contributed by atoms with E-state index in [0.717, 1.165) is 42.1 Å². The van der Waals surface area contributed by atoms with E-state index in [1.165, 1.54) is 5.69 Å². The van der Waals surface area contributed by atoms with Gasteiger partial charge in [-0.05, 0) is 49.6 Å². The third-order valence-electron chi connectivity index (χ3n) is 4.86. The Morgan fingerprint density at radius 3 is 2.46 bits per heavy atom. The van der Waals surface area contributed by atoms with Crippen LogP contribution in [-0.2, 0) is 0 Å². The predicted molar refractivity (Wildman–Crippen MR) is 110 cm³/mol. The summed E-state index contributed by atoms with van der Waals surface area (Å²) in [5.74, 6) is 1.05. The molecule has 1 fully saturated rings. The van der Waals surface area contributed by atoms with Crippen LogP contribution < -0.4 is 16.0 Å². The van der Waals surface area contributed by atoms with E-state index in [2.05, 4.69) is 63.2 Å². The van der Waals surface area contributed by atoms with Gasteiger partial charge in [0.1, 0.15) is 5.82 Å². The molecule has 3 heterocycles. The molecular formula is C19H24N6S. The van der Waals surface area contributed by atoms with E-state index in [1.807, 2.05) is 11.4 Å². The molecule has 0 aliphatic carbocycles. The maximum absolute atomic E-state index is 6.02. The molecular weight excluding hydrogens is 344 g/mol. The number of aromatic nitrogens is 2. The minimum atomic E-state index is 0.521. The van der Waals surface area contributed by atoms with Gasteiger partial charge in [0, 0.05) is 43.6 Å². The number of piperazine rings is 1. The highest BCUT2D eigenvalue weighted by Gasteiger charge is 2.18. The Bertz CT molecular complexity index is 881. The van der Waals surface area contributed by atoms with Crippen LogP contribution in [0.1, 0.15) is 13.8 Å². The lowest BCUT2D eigenvalue weighted by molar-refractivity contribution is 0.209. The molecule has 1 saturated heterocycles. The van der Waals surface area contributed by atoms with Gasteiger partial charge in [-0.2, -0.15) is 4.98 Å². The van der Waals surface area contributed by atoms with Gasteiger partial charge in [0.2, 0.25) is 5.95 Å². The summed E-state index contributed by atoms with van der Waals surface area (Å²) in [6.45, 7) is 8.90. The van der Waals surface area contributed by atoms with Crippen LogP contribution in [0.25, 0.3) is 10.2 Å². The molecule has 2 aromatic heterocycles. The molecule has 0 atom stereocenters. The monoisotopic (exact) mass is 368 g/mol. The number of nitrogens with zero attached hydrogens (tertiary/aromatic N) is 4. The van der Waals surface area contributed by atoms with E-state index in [9.17, 15) is 0 Å². The van der Waals surface area contributed by atoms with Crippen LogP contribution >= 0.6 is 11.3 Å². The Balaban J connectivity index is 1.44. The first-order valence-corrected chi connectivity index (χ1v) is 9.85. The second kappa shape index (κ2) is 7.09. The van der Waals surface area contributed by atoms with Crippen molar-refractivity contribution >= 4 is 44.7 Å². The Hall–Kier alpha value is -2.38. The highest BCUT2D eigenvalue weighted by molar-refractivity contribution is 7.17. The summed E-state index contributed by atoms with van der Waals surface area (Å²) in [5, 5.41) is 5.23. The van der Waals surface area contributed by atoms with Gasteiger partial charge in [0.15, 0.2) is 0 Å². The van der Waals surface area contributed by atoms with E-state index >= 15 is 0 Å². The summed E-state index contributed by atoms with van der Waals surface area (Å²) in [6, 6.07) is 11.0. The van der Waals surface area contributed by atoms with Crippen LogP contribution in [0, 0.1) is 0 Å². The van der Waals surface area contributed by atoms with Crippen LogP contribution in [0.15, 0.2) is 35.7 Å². The smallest absolute Gasteiger partial charge is 0.229 e. The van der Waals surface area contributed by atoms with Crippen molar-refractivity contribution in [3.8, 4) is 0 Å². The van der Waals surface area contributed by atoms with Crippen molar-refractivity contribution in [1.82, 2.24) is 14.9 Å². The number of hydrogen-bond acceptors (Lipinski definition) is 7. The fourth-order valence-corrected chi connectivity index (χ4v) is 4.06. The Labute approximate surface area is 157 Å². The number of fused-ring (bicyclic) bond motifs is 1. The van der Waals surface area contributed by atoms with Crippen molar-refractivity contribution < 1.29 is 0 Å². The number of nitrogen functional groups attached to an aromatic ring is 1. The average Bonchev–Trinajstić information content (AvgIpc) is 3.12. The molecule has 1 aromatic carbocycles. The zero-order chi connectivity index (χ0) is 18.1. The van der Waals surface area contributed by atoms with E-state index < -0.39 is 0 Å². The molecule has 0 unspecified atom stereocenters. The zero-order valence-corrected chi connectivity index (χ0v) is 16.0. The van der Waals surface area contributed by atoms with Gasteiger partial charge in [0.05, 0.1) is 10.2 Å². The van der Waals surface area contributed by atoms with E-state index in [1.54, 1.807) is 11.3 Å². The number of anilines is 4. The third-order valence-corrected chi connectivity index (χ3v) is 5.79. The molecule has 4 rings (SSSR count). The van der Waals surface area contributed by atoms with Crippen LogP contribution in [0.3, 0.4) is 0 Å². The Kier molecular flexibility index (Phi) is 4.65. The Morgan fingerprint density at radius 1 is 1.04 bits per heavy atom. The first-order chi connectivity index (χ1) is 12.6. The van der Waals surface area contributed by atoms with Crippen LogP contribution in [-0.4, -0.2) is 47.1 Å². The second-order valence-electron chi connectivity index (χ2n) is 6.86. The summed E-state index contributed by atoms with van der Waals surface area (Å²) < 4.78 is 0.937. The van der Waals surface area contributed by atoms with Gasteiger partial charge in [-0.15, -0.1) is 11.3 Å². The molecule has 0 spiro atoms. The summed E-state index contributed by atoms with van der Waals surface area (Å²) in [7, 11) is 0. The molecule has 0 bridgehead atoms. The van der Waals surface area contributed by atoms with Crippen molar-refractivity contribution in [3.63, 3.8) is 0 Å². The molecule has 6 nitrogen and oxygen atoms in total. The summed E-state index contributed by atoms with van der Waals surface area (Å²) in [6.07, 6.45) is 0. The normalized spacial score (nSPS) is 15.7. The zero-order valence-electron chi connectivity index (χ0n) is 15.1. The first-order valence-electron chi connectivity index (χ1n) is 8.97. The lowest BCUT2D eigenvalue weighted by atomic mass is 10.2. The van der Waals surface area contributed by atoms with Gasteiger partial charge >= 0.3 is 0 Å². The topological polar surface area (TPSA) is 70.3 Å². The number of hydrogen-bond donors (Lipinski definition) is 2. The quantitative estimate of drug-likeness (QED) is 0.734. The maximum atomic E-state index is 6.02. The van der Waals surface area contributed by atoms with E-state index in [-0.39, 0.29) is 0 Å². The van der Waals surface area contributed by atoms with Crippen molar-refractivity contribution in [2.45, 2.75) is 19.9 Å². The Morgan fingerprint density at radius 2 is 1.77 bits per heavy atom. The summed E-state index contributed by atoms with van der Waals surface area (Å²) in [4.78, 5) is 13.8. The van der Waals surface area contributed by atoms with Crippen LogP contribution in [0.5, 0.6) is 0 Å². The number of benzene rings is 1. The molecule has 26 heavy (non-hydrogen) atoms. The minimum Gasteiger partial charge on any atom is -0.382 e. The van der Waals surface area contributed by atoms with Gasteiger partial charge in [0.25, 0.3) is 0 Å². The standard InChI is InChI=1S/C19H24N6S/c1-13(2)24-8-10-25(11-9-24)15-5-3-14(4-6-15)21-19-22-16-7-12-26-17(16)18(20)23-19/h3-7,12-13H,8-11H2,1-2H3,(H3,20,21,22,23). The largest absolute Gasteiger partial charge is 0.382 e. The van der Waals surface area contributed by atoms with Crippen molar-refractivity contribution in [1.29, 1.82) is 0 Å². The van der Waals surface area contributed by atoms with Crippen LogP contribution in [0.4, 0.5) is 23.1 Å². The third kappa shape index (κ3) is 3.45. The molecule has 1 aliphatic heterocycles. The van der Waals surface area contributed by atoms with Gasteiger partial charge < -0.3 is 16.0 Å². The maximum Gasteiger partial charge on any atom is 0.229 e. The number of nitrogens with one attached hydrogen (secondary N) is 1. The summed E-state index contributed by atoms with van der Waals surface area (Å²) >= 11 is 1.56. The second-order valence-corrected chi connectivity index (χ2v) is 7.77. The minimum absolute atomic E-state index is 0.521. The van der Waals surface area contributed by atoms with E-state index in [4.69, 9.17) is 5.73 Å². The first kappa shape index (κ1) is 17.1. The van der Waals surface area contributed by atoms with Crippen molar-refractivity contribution in [3.05, 3.63) is 35.7 Å². The molecule has 0 saturated carbocycles. The highest BCUT2D eigenvalue weighted by Crippen LogP contribution is 2.27. The SMILES string of the molecule is CC(C)N1CCN(c2ccc(Nc3nc(N)c4sccc4n3)cc2)CC1. The molecule has 0 amide bonds. The molecule has 3 aromatic rings.